The molecule has 0 bridgehead atoms. The molecule has 5 nitrogen and oxygen atoms in total. The number of ether oxygens (including phenoxy) is 1. The van der Waals surface area contributed by atoms with Gasteiger partial charge in [0.1, 0.15) is 5.75 Å². The summed E-state index contributed by atoms with van der Waals surface area (Å²) in [5, 5.41) is 4.05. The van der Waals surface area contributed by atoms with Gasteiger partial charge >= 0.3 is 0 Å². The van der Waals surface area contributed by atoms with E-state index in [1.807, 2.05) is 24.3 Å². The van der Waals surface area contributed by atoms with Gasteiger partial charge in [0, 0.05) is 6.54 Å². The van der Waals surface area contributed by atoms with Gasteiger partial charge in [-0.3, -0.25) is 4.90 Å². The zero-order valence-corrected chi connectivity index (χ0v) is 13.4. The van der Waals surface area contributed by atoms with E-state index < -0.39 is 0 Å². The lowest BCUT2D eigenvalue weighted by Crippen LogP contribution is -2.28. The van der Waals surface area contributed by atoms with Crippen molar-refractivity contribution in [2.75, 3.05) is 20.7 Å². The van der Waals surface area contributed by atoms with E-state index in [-0.39, 0.29) is 5.41 Å². The molecule has 2 aromatic rings. The van der Waals surface area contributed by atoms with Crippen LogP contribution in [0.15, 0.2) is 28.8 Å². The number of rotatable bonds is 5. The summed E-state index contributed by atoms with van der Waals surface area (Å²) in [6, 6.07) is 7.66. The third-order valence-corrected chi connectivity index (χ3v) is 2.97. The highest BCUT2D eigenvalue weighted by molar-refractivity contribution is 5.63. The average Bonchev–Trinajstić information content (AvgIpc) is 2.84. The monoisotopic (exact) mass is 289 g/mol. The zero-order chi connectivity index (χ0) is 15.5. The highest BCUT2D eigenvalue weighted by Gasteiger charge is 2.17. The number of hydrogen-bond donors (Lipinski definition) is 0. The molecule has 0 amide bonds. The Kier molecular flexibility index (Phi) is 4.63. The summed E-state index contributed by atoms with van der Waals surface area (Å²) in [6.45, 7) is 8.21. The molecule has 0 spiro atoms. The summed E-state index contributed by atoms with van der Waals surface area (Å²) in [7, 11) is 3.69. The molecule has 0 saturated heterocycles. The van der Waals surface area contributed by atoms with Crippen molar-refractivity contribution in [3.8, 4) is 17.1 Å². The van der Waals surface area contributed by atoms with Crippen LogP contribution in [0.3, 0.4) is 0 Å². The molecule has 0 unspecified atom stereocenters. The Morgan fingerprint density at radius 3 is 2.62 bits per heavy atom. The van der Waals surface area contributed by atoms with E-state index in [0.717, 1.165) is 17.9 Å². The second-order valence-corrected chi connectivity index (χ2v) is 6.44. The first-order valence-electron chi connectivity index (χ1n) is 7.03. The molecule has 1 heterocycles. The second-order valence-electron chi connectivity index (χ2n) is 6.44. The Morgan fingerprint density at radius 2 is 1.95 bits per heavy atom. The SMILES string of the molecule is COc1ccccc1-c1noc(CN(C)CC(C)(C)C)n1. The largest absolute Gasteiger partial charge is 0.496 e. The molecule has 5 heteroatoms. The molecule has 0 N–H and O–H groups in total. The molecule has 0 radical (unpaired) electrons. The topological polar surface area (TPSA) is 51.4 Å². The number of aromatic nitrogens is 2. The van der Waals surface area contributed by atoms with Gasteiger partial charge in [-0.05, 0) is 24.6 Å². The number of hydrogen-bond acceptors (Lipinski definition) is 5. The van der Waals surface area contributed by atoms with Crippen LogP contribution in [0.1, 0.15) is 26.7 Å². The number of methoxy groups -OCH3 is 1. The molecule has 1 aromatic heterocycles. The molecule has 1 aromatic carbocycles. The first-order valence-corrected chi connectivity index (χ1v) is 7.03. The Labute approximate surface area is 125 Å². The lowest BCUT2D eigenvalue weighted by molar-refractivity contribution is 0.198. The fourth-order valence-electron chi connectivity index (χ4n) is 2.35. The predicted molar refractivity (Wildman–Crippen MR) is 82.1 cm³/mol. The molecule has 114 valence electrons. The Morgan fingerprint density at radius 1 is 1.24 bits per heavy atom. The summed E-state index contributed by atoms with van der Waals surface area (Å²) in [6.07, 6.45) is 0. The molecular weight excluding hydrogens is 266 g/mol. The van der Waals surface area contributed by atoms with Crippen LogP contribution in [0.2, 0.25) is 0 Å². The van der Waals surface area contributed by atoms with Gasteiger partial charge in [-0.2, -0.15) is 4.98 Å². The van der Waals surface area contributed by atoms with Crippen LogP contribution in [0.4, 0.5) is 0 Å². The van der Waals surface area contributed by atoms with Crippen LogP contribution in [-0.4, -0.2) is 35.7 Å². The van der Waals surface area contributed by atoms with E-state index in [4.69, 9.17) is 9.26 Å². The van der Waals surface area contributed by atoms with Crippen molar-refractivity contribution in [3.05, 3.63) is 30.2 Å². The van der Waals surface area contributed by atoms with E-state index in [9.17, 15) is 0 Å². The van der Waals surface area contributed by atoms with E-state index in [2.05, 4.69) is 42.9 Å². The highest BCUT2D eigenvalue weighted by atomic mass is 16.5. The number of para-hydroxylation sites is 1. The summed E-state index contributed by atoms with van der Waals surface area (Å²) >= 11 is 0. The Balaban J connectivity index is 2.11. The van der Waals surface area contributed by atoms with E-state index >= 15 is 0 Å². The lowest BCUT2D eigenvalue weighted by atomic mass is 9.96. The fraction of sp³-hybridized carbons (Fsp3) is 0.500. The third-order valence-electron chi connectivity index (χ3n) is 2.97. The second kappa shape index (κ2) is 6.26. The number of nitrogens with zero attached hydrogens (tertiary/aromatic N) is 3. The summed E-state index contributed by atoms with van der Waals surface area (Å²) < 4.78 is 10.7. The minimum Gasteiger partial charge on any atom is -0.496 e. The summed E-state index contributed by atoms with van der Waals surface area (Å²) in [5.41, 5.74) is 1.08. The van der Waals surface area contributed by atoms with Gasteiger partial charge in [-0.1, -0.05) is 38.1 Å². The predicted octanol–water partition coefficient (Wildman–Crippen LogP) is 3.22. The summed E-state index contributed by atoms with van der Waals surface area (Å²) in [4.78, 5) is 6.64. The maximum atomic E-state index is 5.35. The molecule has 0 aliphatic rings. The maximum absolute atomic E-state index is 5.35. The van der Waals surface area contributed by atoms with Gasteiger partial charge in [0.25, 0.3) is 0 Å². The molecule has 0 aliphatic carbocycles. The van der Waals surface area contributed by atoms with Gasteiger partial charge in [-0.25, -0.2) is 0 Å². The number of benzene rings is 1. The molecule has 21 heavy (non-hydrogen) atoms. The lowest BCUT2D eigenvalue weighted by Gasteiger charge is -2.25. The van der Waals surface area contributed by atoms with Crippen LogP contribution >= 0.6 is 0 Å². The van der Waals surface area contributed by atoms with Crippen molar-refractivity contribution in [1.29, 1.82) is 0 Å². The molecule has 0 fully saturated rings. The fourth-order valence-corrected chi connectivity index (χ4v) is 2.35. The minimum atomic E-state index is 0.236. The minimum absolute atomic E-state index is 0.236. The van der Waals surface area contributed by atoms with Crippen molar-refractivity contribution in [2.24, 2.45) is 5.41 Å². The van der Waals surface area contributed by atoms with E-state index in [1.165, 1.54) is 0 Å². The van der Waals surface area contributed by atoms with Gasteiger partial charge < -0.3 is 9.26 Å². The third kappa shape index (κ3) is 4.29. The van der Waals surface area contributed by atoms with Crippen molar-refractivity contribution < 1.29 is 9.26 Å². The normalized spacial score (nSPS) is 11.9. The average molecular weight is 289 g/mol. The van der Waals surface area contributed by atoms with Crippen LogP contribution in [-0.2, 0) is 6.54 Å². The molecule has 0 aliphatic heterocycles. The van der Waals surface area contributed by atoms with Crippen LogP contribution in [0.5, 0.6) is 5.75 Å². The summed E-state index contributed by atoms with van der Waals surface area (Å²) in [5.74, 6) is 1.92. The Bertz CT molecular complexity index is 587. The van der Waals surface area contributed by atoms with Gasteiger partial charge in [0.2, 0.25) is 11.7 Å². The first kappa shape index (κ1) is 15.5. The smallest absolute Gasteiger partial charge is 0.241 e. The van der Waals surface area contributed by atoms with Gasteiger partial charge in [-0.15, -0.1) is 0 Å². The van der Waals surface area contributed by atoms with Crippen LogP contribution < -0.4 is 4.74 Å². The van der Waals surface area contributed by atoms with Crippen molar-refractivity contribution >= 4 is 0 Å². The molecular formula is C16H23N3O2. The van der Waals surface area contributed by atoms with Crippen molar-refractivity contribution in [2.45, 2.75) is 27.3 Å². The maximum Gasteiger partial charge on any atom is 0.241 e. The van der Waals surface area contributed by atoms with Crippen molar-refractivity contribution in [3.63, 3.8) is 0 Å². The first-order chi connectivity index (χ1) is 9.89. The molecule has 2 rings (SSSR count). The molecule has 0 saturated carbocycles. The zero-order valence-electron chi connectivity index (χ0n) is 13.4. The van der Waals surface area contributed by atoms with E-state index in [0.29, 0.717) is 18.3 Å². The Hall–Kier alpha value is -1.88. The van der Waals surface area contributed by atoms with E-state index in [1.54, 1.807) is 7.11 Å². The standard InChI is InChI=1S/C16H23N3O2/c1-16(2,3)11-19(4)10-14-17-15(18-21-14)12-8-6-7-9-13(12)20-5/h6-9H,10-11H2,1-5H3. The highest BCUT2D eigenvalue weighted by Crippen LogP contribution is 2.27. The van der Waals surface area contributed by atoms with Crippen LogP contribution in [0, 0.1) is 5.41 Å². The van der Waals surface area contributed by atoms with Crippen LogP contribution in [0.25, 0.3) is 11.4 Å². The van der Waals surface area contributed by atoms with Gasteiger partial charge in [0.05, 0.1) is 19.2 Å². The quantitative estimate of drug-likeness (QED) is 0.846. The van der Waals surface area contributed by atoms with Gasteiger partial charge in [0.15, 0.2) is 0 Å². The van der Waals surface area contributed by atoms with Crippen molar-refractivity contribution in [1.82, 2.24) is 15.0 Å². The molecule has 0 atom stereocenters.